The van der Waals surface area contributed by atoms with Crippen molar-refractivity contribution in [3.05, 3.63) is 48.0 Å². The van der Waals surface area contributed by atoms with Crippen molar-refractivity contribution in [3.63, 3.8) is 0 Å². The van der Waals surface area contributed by atoms with E-state index >= 15 is 0 Å². The molecule has 0 bridgehead atoms. The van der Waals surface area contributed by atoms with Crippen molar-refractivity contribution in [1.82, 2.24) is 9.78 Å². The first kappa shape index (κ1) is 19.0. The standard InChI is InChI=1S/C19H22N4O3S2/c1-2-23-18(7-8-20-23)15-13-19(27-14-15)28(24,25)21-16-3-5-17(6-4-16)22-9-11-26-12-10-22/h3-8,13-14,21H,2,9-12H2,1H3. The number of thiophene rings is 1. The molecule has 3 heterocycles. The molecule has 1 aromatic carbocycles. The first-order chi connectivity index (χ1) is 13.6. The molecule has 3 aromatic rings. The van der Waals surface area contributed by atoms with Gasteiger partial charge in [-0.15, -0.1) is 11.3 Å². The van der Waals surface area contributed by atoms with Crippen molar-refractivity contribution in [2.24, 2.45) is 0 Å². The fourth-order valence-corrected chi connectivity index (χ4v) is 5.42. The topological polar surface area (TPSA) is 76.5 Å². The minimum Gasteiger partial charge on any atom is -0.378 e. The molecule has 4 rings (SSSR count). The van der Waals surface area contributed by atoms with Gasteiger partial charge in [-0.3, -0.25) is 9.40 Å². The molecule has 7 nitrogen and oxygen atoms in total. The summed E-state index contributed by atoms with van der Waals surface area (Å²) in [5.41, 5.74) is 3.38. The zero-order chi connectivity index (χ0) is 19.6. The van der Waals surface area contributed by atoms with Gasteiger partial charge in [-0.25, -0.2) is 8.42 Å². The van der Waals surface area contributed by atoms with E-state index in [2.05, 4.69) is 14.7 Å². The number of ether oxygens (including phenoxy) is 1. The molecule has 148 valence electrons. The molecule has 0 atom stereocenters. The molecule has 1 aliphatic rings. The number of nitrogens with one attached hydrogen (secondary N) is 1. The highest BCUT2D eigenvalue weighted by Crippen LogP contribution is 2.30. The summed E-state index contributed by atoms with van der Waals surface area (Å²) in [4.78, 5) is 2.23. The highest BCUT2D eigenvalue weighted by atomic mass is 32.2. The van der Waals surface area contributed by atoms with Crippen molar-refractivity contribution >= 4 is 32.7 Å². The third-order valence-electron chi connectivity index (χ3n) is 4.65. The second kappa shape index (κ2) is 7.94. The molecule has 0 radical (unpaired) electrons. The Kier molecular flexibility index (Phi) is 5.38. The number of rotatable bonds is 6. The predicted octanol–water partition coefficient (Wildman–Crippen LogP) is 3.27. The maximum absolute atomic E-state index is 12.8. The number of nitrogens with zero attached hydrogens (tertiary/aromatic N) is 3. The van der Waals surface area contributed by atoms with Crippen LogP contribution in [0.5, 0.6) is 0 Å². The van der Waals surface area contributed by atoms with E-state index in [1.54, 1.807) is 24.4 Å². The van der Waals surface area contributed by atoms with E-state index in [4.69, 9.17) is 4.74 Å². The average molecular weight is 419 g/mol. The van der Waals surface area contributed by atoms with E-state index < -0.39 is 10.0 Å². The number of anilines is 2. The van der Waals surface area contributed by atoms with Gasteiger partial charge in [-0.1, -0.05) is 0 Å². The molecule has 0 amide bonds. The summed E-state index contributed by atoms with van der Waals surface area (Å²) in [6.45, 7) is 5.85. The van der Waals surface area contributed by atoms with Crippen molar-refractivity contribution in [2.45, 2.75) is 17.7 Å². The number of hydrogen-bond donors (Lipinski definition) is 1. The highest BCUT2D eigenvalue weighted by Gasteiger charge is 2.19. The van der Waals surface area contributed by atoms with E-state index in [9.17, 15) is 8.42 Å². The van der Waals surface area contributed by atoms with Crippen LogP contribution in [0.3, 0.4) is 0 Å². The Bertz CT molecular complexity index is 1040. The normalized spacial score (nSPS) is 15.0. The van der Waals surface area contributed by atoms with E-state index in [0.717, 1.165) is 36.6 Å². The molecule has 1 fully saturated rings. The van der Waals surface area contributed by atoms with Crippen LogP contribution in [-0.4, -0.2) is 44.5 Å². The summed E-state index contributed by atoms with van der Waals surface area (Å²) in [5, 5.41) is 6.09. The Hall–Kier alpha value is -2.36. The van der Waals surface area contributed by atoms with Gasteiger partial charge in [0.15, 0.2) is 0 Å². The monoisotopic (exact) mass is 418 g/mol. The summed E-state index contributed by atoms with van der Waals surface area (Å²) in [6, 6.07) is 11.0. The molecule has 28 heavy (non-hydrogen) atoms. The molecule has 9 heteroatoms. The molecule has 1 saturated heterocycles. The molecule has 0 unspecified atom stereocenters. The zero-order valence-electron chi connectivity index (χ0n) is 15.5. The quantitative estimate of drug-likeness (QED) is 0.665. The van der Waals surface area contributed by atoms with Crippen LogP contribution in [0.15, 0.2) is 52.2 Å². The van der Waals surface area contributed by atoms with Crippen LogP contribution in [0.2, 0.25) is 0 Å². The Morgan fingerprint density at radius 2 is 1.93 bits per heavy atom. The number of aryl methyl sites for hydroxylation is 1. The molecule has 0 spiro atoms. The Balaban J connectivity index is 1.50. The van der Waals surface area contributed by atoms with Crippen LogP contribution >= 0.6 is 11.3 Å². The number of sulfonamides is 1. The predicted molar refractivity (Wildman–Crippen MR) is 111 cm³/mol. The van der Waals surface area contributed by atoms with Gasteiger partial charge in [0, 0.05) is 48.1 Å². The van der Waals surface area contributed by atoms with Crippen LogP contribution in [0.25, 0.3) is 11.3 Å². The fourth-order valence-electron chi connectivity index (χ4n) is 3.19. The molecule has 1 aliphatic heterocycles. The van der Waals surface area contributed by atoms with Crippen molar-refractivity contribution in [1.29, 1.82) is 0 Å². The minimum absolute atomic E-state index is 0.281. The average Bonchev–Trinajstić information content (AvgIpc) is 3.38. The Morgan fingerprint density at radius 1 is 1.18 bits per heavy atom. The van der Waals surface area contributed by atoms with E-state index in [1.165, 1.54) is 11.3 Å². The minimum atomic E-state index is -3.64. The summed E-state index contributed by atoms with van der Waals surface area (Å²) >= 11 is 1.21. The van der Waals surface area contributed by atoms with Gasteiger partial charge in [-0.05, 0) is 43.3 Å². The van der Waals surface area contributed by atoms with Gasteiger partial charge in [0.05, 0.1) is 18.9 Å². The lowest BCUT2D eigenvalue weighted by Gasteiger charge is -2.28. The second-order valence-electron chi connectivity index (χ2n) is 6.44. The molecule has 0 saturated carbocycles. The number of benzene rings is 1. The maximum Gasteiger partial charge on any atom is 0.271 e. The summed E-state index contributed by atoms with van der Waals surface area (Å²) in [7, 11) is -3.64. The smallest absolute Gasteiger partial charge is 0.271 e. The van der Waals surface area contributed by atoms with Crippen LogP contribution in [0.1, 0.15) is 6.92 Å². The van der Waals surface area contributed by atoms with Gasteiger partial charge < -0.3 is 9.64 Å². The lowest BCUT2D eigenvalue weighted by Crippen LogP contribution is -2.36. The lowest BCUT2D eigenvalue weighted by atomic mass is 10.2. The molecular formula is C19H22N4O3S2. The molecule has 2 aromatic heterocycles. The number of hydrogen-bond acceptors (Lipinski definition) is 6. The summed E-state index contributed by atoms with van der Waals surface area (Å²) < 4.78 is 35.7. The van der Waals surface area contributed by atoms with E-state index in [1.807, 2.05) is 35.2 Å². The van der Waals surface area contributed by atoms with Crippen LogP contribution < -0.4 is 9.62 Å². The Labute approximate surface area is 168 Å². The number of aromatic nitrogens is 2. The molecular weight excluding hydrogens is 396 g/mol. The SMILES string of the molecule is CCn1nccc1-c1csc(S(=O)(=O)Nc2ccc(N3CCOCC3)cc2)c1. The second-order valence-corrected chi connectivity index (χ2v) is 9.26. The van der Waals surface area contributed by atoms with E-state index in [0.29, 0.717) is 18.9 Å². The van der Waals surface area contributed by atoms with Gasteiger partial charge in [0.2, 0.25) is 0 Å². The van der Waals surface area contributed by atoms with Crippen LogP contribution in [0, 0.1) is 0 Å². The zero-order valence-corrected chi connectivity index (χ0v) is 17.2. The highest BCUT2D eigenvalue weighted by molar-refractivity contribution is 7.94. The first-order valence-electron chi connectivity index (χ1n) is 9.13. The largest absolute Gasteiger partial charge is 0.378 e. The van der Waals surface area contributed by atoms with Crippen LogP contribution in [0.4, 0.5) is 11.4 Å². The van der Waals surface area contributed by atoms with E-state index in [-0.39, 0.29) is 4.21 Å². The van der Waals surface area contributed by atoms with Gasteiger partial charge >= 0.3 is 0 Å². The van der Waals surface area contributed by atoms with Crippen molar-refractivity contribution in [2.75, 3.05) is 35.9 Å². The third kappa shape index (κ3) is 3.91. The number of morpholine rings is 1. The van der Waals surface area contributed by atoms with Gasteiger partial charge in [0.25, 0.3) is 10.0 Å². The Morgan fingerprint density at radius 3 is 2.64 bits per heavy atom. The molecule has 0 aliphatic carbocycles. The van der Waals surface area contributed by atoms with Crippen molar-refractivity contribution in [3.8, 4) is 11.3 Å². The summed E-state index contributed by atoms with van der Waals surface area (Å²) in [6.07, 6.45) is 1.72. The maximum atomic E-state index is 12.8. The van der Waals surface area contributed by atoms with Crippen LogP contribution in [-0.2, 0) is 21.3 Å². The first-order valence-corrected chi connectivity index (χ1v) is 11.5. The fraction of sp³-hybridized carbons (Fsp3) is 0.316. The van der Waals surface area contributed by atoms with Gasteiger partial charge in [0.1, 0.15) is 4.21 Å². The van der Waals surface area contributed by atoms with Crippen molar-refractivity contribution < 1.29 is 13.2 Å². The molecule has 1 N–H and O–H groups in total. The summed E-state index contributed by atoms with van der Waals surface area (Å²) in [5.74, 6) is 0. The third-order valence-corrected chi connectivity index (χ3v) is 7.47. The van der Waals surface area contributed by atoms with Gasteiger partial charge in [-0.2, -0.15) is 5.10 Å². The lowest BCUT2D eigenvalue weighted by molar-refractivity contribution is 0.122.